The summed E-state index contributed by atoms with van der Waals surface area (Å²) in [6.07, 6.45) is 0.513. The number of hydrazine groups is 1. The Morgan fingerprint density at radius 2 is 2.00 bits per heavy atom. The van der Waals surface area contributed by atoms with Crippen LogP contribution in [0.2, 0.25) is 0 Å². The van der Waals surface area contributed by atoms with E-state index in [4.69, 9.17) is 10.9 Å². The minimum absolute atomic E-state index is 0.201. The number of nitrogens with two attached hydrogens (primary N) is 1. The van der Waals surface area contributed by atoms with Crippen LogP contribution in [0.25, 0.3) is 0 Å². The van der Waals surface area contributed by atoms with E-state index < -0.39 is 6.10 Å². The Labute approximate surface area is 81.3 Å². The molecule has 1 atom stereocenters. The second kappa shape index (κ2) is 4.69. The molecule has 5 heteroatoms. The number of hydrogen-bond acceptors (Lipinski definition) is 3. The van der Waals surface area contributed by atoms with Crippen molar-refractivity contribution in [2.45, 2.75) is 6.10 Å². The molecule has 75 valence electrons. The number of aliphatic hydroxyl groups excluding tert-OH is 2. The van der Waals surface area contributed by atoms with E-state index in [1.54, 1.807) is 12.1 Å². The molecule has 0 saturated heterocycles. The van der Waals surface area contributed by atoms with Gasteiger partial charge in [0.05, 0.1) is 11.0 Å². The third-order valence-electron chi connectivity index (χ3n) is 1.82. The Hall–Kier alpha value is -1.46. The first kappa shape index (κ1) is 10.6. The van der Waals surface area contributed by atoms with Crippen LogP contribution in [0.3, 0.4) is 0 Å². The molecule has 14 heavy (non-hydrogen) atoms. The third kappa shape index (κ3) is 2.51. The summed E-state index contributed by atoms with van der Waals surface area (Å²) in [6, 6.07) is 6.14. The summed E-state index contributed by atoms with van der Waals surface area (Å²) in [4.78, 5) is 10.9. The van der Waals surface area contributed by atoms with Crippen LogP contribution in [-0.4, -0.2) is 21.7 Å². The van der Waals surface area contributed by atoms with Gasteiger partial charge in [-0.25, -0.2) is 0 Å². The van der Waals surface area contributed by atoms with Crippen LogP contribution in [0.4, 0.5) is 5.69 Å². The van der Waals surface area contributed by atoms with E-state index >= 15 is 0 Å². The van der Waals surface area contributed by atoms with Crippen LogP contribution in [-0.2, 0) is 0 Å². The molecule has 5 nitrogen and oxygen atoms in total. The van der Waals surface area contributed by atoms with Crippen molar-refractivity contribution >= 4 is 5.69 Å². The Morgan fingerprint density at radius 3 is 2.43 bits per heavy atom. The van der Waals surface area contributed by atoms with E-state index in [-0.39, 0.29) is 11.5 Å². The standard InChI is InChI=1S/C9H12N2O3/c10-11(14)8-3-1-7(2-4-8)9(13)5-6-12/h1-5,9,12-13H,6H2,(H2,10,14)/q+1/t9-/m0/s1. The molecule has 0 bridgehead atoms. The van der Waals surface area contributed by atoms with Crippen molar-refractivity contribution in [1.82, 2.24) is 0 Å². The number of hydrogen-bond donors (Lipinski definition) is 3. The van der Waals surface area contributed by atoms with Gasteiger partial charge in [-0.3, -0.25) is 0 Å². The number of rotatable bonds is 4. The lowest BCUT2D eigenvalue weighted by Gasteiger charge is -2.07. The summed E-state index contributed by atoms with van der Waals surface area (Å²) in [5.74, 6) is 4.97. The zero-order valence-corrected chi connectivity index (χ0v) is 7.50. The highest BCUT2D eigenvalue weighted by molar-refractivity contribution is 5.34. The van der Waals surface area contributed by atoms with E-state index in [2.05, 4.69) is 0 Å². The smallest absolute Gasteiger partial charge is 0.291 e. The molecule has 1 aromatic carbocycles. The van der Waals surface area contributed by atoms with Gasteiger partial charge in [0.15, 0.2) is 4.87 Å². The first-order chi connectivity index (χ1) is 6.65. The largest absolute Gasteiger partial charge is 0.396 e. The van der Waals surface area contributed by atoms with Crippen LogP contribution in [0.5, 0.6) is 0 Å². The molecular formula is C9H12N2O3+. The van der Waals surface area contributed by atoms with Gasteiger partial charge in [0.2, 0.25) is 0 Å². The highest BCUT2D eigenvalue weighted by atomic mass is 16.3. The summed E-state index contributed by atoms with van der Waals surface area (Å²) in [7, 11) is 0. The fraction of sp³-hybridized carbons (Fsp3) is 0.222. The molecule has 0 fully saturated rings. The number of nitroso groups, excluding NO2 is 1. The normalized spacial score (nSPS) is 12.4. The maximum atomic E-state index is 10.6. The molecule has 1 rings (SSSR count). The van der Waals surface area contributed by atoms with Crippen molar-refractivity contribution in [3.8, 4) is 0 Å². The zero-order valence-electron chi connectivity index (χ0n) is 7.50. The van der Waals surface area contributed by atoms with E-state index in [1.807, 2.05) is 0 Å². The molecule has 0 unspecified atom stereocenters. The van der Waals surface area contributed by atoms with Gasteiger partial charge in [-0.15, -0.1) is 0 Å². The van der Waals surface area contributed by atoms with Crippen LogP contribution in [0, 0.1) is 11.3 Å². The Kier molecular flexibility index (Phi) is 3.55. The van der Waals surface area contributed by atoms with Crippen molar-refractivity contribution in [2.24, 2.45) is 5.84 Å². The lowest BCUT2D eigenvalue weighted by atomic mass is 10.1. The van der Waals surface area contributed by atoms with Gasteiger partial charge in [0.1, 0.15) is 0 Å². The van der Waals surface area contributed by atoms with Gasteiger partial charge >= 0.3 is 0 Å². The van der Waals surface area contributed by atoms with Crippen molar-refractivity contribution in [3.63, 3.8) is 0 Å². The van der Waals surface area contributed by atoms with Crippen LogP contribution < -0.4 is 5.84 Å². The number of nitrogens with zero attached hydrogens (tertiary/aromatic N) is 1. The summed E-state index contributed by atoms with van der Waals surface area (Å²) in [6.45, 7) is -0.201. The minimum atomic E-state index is -0.827. The first-order valence-electron chi connectivity index (χ1n) is 4.09. The fourth-order valence-corrected chi connectivity index (χ4v) is 1.05. The van der Waals surface area contributed by atoms with Gasteiger partial charge in [-0.05, 0) is 17.7 Å². The molecule has 0 aliphatic rings. The quantitative estimate of drug-likeness (QED) is 0.365. The molecule has 4 N–H and O–H groups in total. The molecule has 0 amide bonds. The second-order valence-corrected chi connectivity index (χ2v) is 2.78. The molecule has 0 aliphatic carbocycles. The molecule has 1 radical (unpaired) electrons. The highest BCUT2D eigenvalue weighted by Crippen LogP contribution is 2.18. The monoisotopic (exact) mass is 196 g/mol. The predicted molar refractivity (Wildman–Crippen MR) is 50.3 cm³/mol. The fourth-order valence-electron chi connectivity index (χ4n) is 1.05. The Morgan fingerprint density at radius 1 is 1.43 bits per heavy atom. The van der Waals surface area contributed by atoms with E-state index in [1.165, 1.54) is 18.6 Å². The van der Waals surface area contributed by atoms with Gasteiger partial charge in [-0.1, -0.05) is 0 Å². The Bertz CT molecular complexity index is 310. The van der Waals surface area contributed by atoms with Gasteiger partial charge < -0.3 is 10.2 Å². The predicted octanol–water partition coefficient (Wildman–Crippen LogP) is 0.201. The van der Waals surface area contributed by atoms with E-state index in [0.717, 1.165) is 0 Å². The van der Waals surface area contributed by atoms with Crippen molar-refractivity contribution in [3.05, 3.63) is 41.2 Å². The minimum Gasteiger partial charge on any atom is -0.396 e. The van der Waals surface area contributed by atoms with Gasteiger partial charge in [0, 0.05) is 25.2 Å². The zero-order chi connectivity index (χ0) is 10.6. The summed E-state index contributed by atoms with van der Waals surface area (Å²) >= 11 is 0. The third-order valence-corrected chi connectivity index (χ3v) is 1.82. The van der Waals surface area contributed by atoms with Crippen LogP contribution in [0.15, 0.2) is 24.3 Å². The molecular weight excluding hydrogens is 184 g/mol. The average Bonchev–Trinajstić information content (AvgIpc) is 2.18. The topological polar surface area (TPSA) is 86.6 Å². The molecule has 0 heterocycles. The number of aliphatic hydroxyl groups is 2. The summed E-state index contributed by atoms with van der Waals surface area (Å²) in [5, 5.41) is 18.0. The molecule has 0 spiro atoms. The second-order valence-electron chi connectivity index (χ2n) is 2.78. The maximum Gasteiger partial charge on any atom is 0.291 e. The first-order valence-corrected chi connectivity index (χ1v) is 4.09. The van der Waals surface area contributed by atoms with E-state index in [9.17, 15) is 10.0 Å². The van der Waals surface area contributed by atoms with Crippen molar-refractivity contribution in [2.75, 3.05) is 6.61 Å². The molecule has 0 aliphatic heterocycles. The maximum absolute atomic E-state index is 10.6. The van der Waals surface area contributed by atoms with Gasteiger partial charge in [0.25, 0.3) is 5.69 Å². The summed E-state index contributed by atoms with van der Waals surface area (Å²) < 4.78 is 0. The van der Waals surface area contributed by atoms with Gasteiger partial charge in [-0.2, -0.15) is 5.84 Å². The Balaban J connectivity index is 2.77. The molecule has 0 aromatic heterocycles. The van der Waals surface area contributed by atoms with Crippen molar-refractivity contribution in [1.29, 1.82) is 0 Å². The number of benzene rings is 1. The lowest BCUT2D eigenvalue weighted by Crippen LogP contribution is -2.09. The molecule has 0 saturated carbocycles. The molecule has 1 aromatic rings. The SMILES string of the molecule is N[N+](=O)c1ccc([C@@H](O)[CH]CO)cc1. The van der Waals surface area contributed by atoms with Crippen molar-refractivity contribution < 1.29 is 15.1 Å². The highest BCUT2D eigenvalue weighted by Gasteiger charge is 2.11. The van der Waals surface area contributed by atoms with E-state index in [0.29, 0.717) is 11.3 Å². The lowest BCUT2D eigenvalue weighted by molar-refractivity contribution is -0.474. The average molecular weight is 196 g/mol. The van der Waals surface area contributed by atoms with Crippen LogP contribution in [0.1, 0.15) is 11.7 Å². The summed E-state index contributed by atoms with van der Waals surface area (Å²) in [5.41, 5.74) is 0.912. The van der Waals surface area contributed by atoms with Crippen LogP contribution >= 0.6 is 0 Å².